The second-order valence-electron chi connectivity index (χ2n) is 4.32. The highest BCUT2D eigenvalue weighted by Crippen LogP contribution is 2.25. The molecule has 118 valence electrons. The predicted molar refractivity (Wildman–Crippen MR) is 77.6 cm³/mol. The topological polar surface area (TPSA) is 116 Å². The molecular weight excluding hydrogens is 306 g/mol. The Kier molecular flexibility index (Phi) is 4.88. The van der Waals surface area contributed by atoms with E-state index in [0.29, 0.717) is 0 Å². The highest BCUT2D eigenvalue weighted by atomic mass is 16.6. The molecule has 8 nitrogen and oxygen atoms in total. The molecule has 1 N–H and O–H groups in total. The maximum atomic E-state index is 11.7. The number of esters is 1. The summed E-state index contributed by atoms with van der Waals surface area (Å²) in [5.41, 5.74) is -0.202. The molecule has 0 bridgehead atoms. The van der Waals surface area contributed by atoms with Crippen molar-refractivity contribution in [3.8, 4) is 11.5 Å². The summed E-state index contributed by atoms with van der Waals surface area (Å²) in [6.45, 7) is -0.522. The van der Waals surface area contributed by atoms with E-state index >= 15 is 0 Å². The molecule has 23 heavy (non-hydrogen) atoms. The molecule has 2 aromatic rings. The standard InChI is InChI=1S/C15H11NO7/c17-14(23-11-7-5-10(6-8-11)15(18)19)9-22-13-4-2-1-3-12(13)16(20)21/h1-8H,9H2,(H,18,19). The number of carboxylic acid groups (broad SMARTS) is 1. The predicted octanol–water partition coefficient (Wildman–Crippen LogP) is 2.28. The van der Waals surface area contributed by atoms with Crippen molar-refractivity contribution in [2.45, 2.75) is 0 Å². The van der Waals surface area contributed by atoms with Crippen molar-refractivity contribution < 1.29 is 29.1 Å². The highest BCUT2D eigenvalue weighted by Gasteiger charge is 2.15. The number of rotatable bonds is 6. The smallest absolute Gasteiger partial charge is 0.349 e. The molecule has 0 heterocycles. The number of benzene rings is 2. The Morgan fingerprint density at radius 3 is 2.35 bits per heavy atom. The second kappa shape index (κ2) is 7.03. The van der Waals surface area contributed by atoms with Crippen molar-refractivity contribution in [1.82, 2.24) is 0 Å². The number of nitro benzene ring substituents is 1. The lowest BCUT2D eigenvalue weighted by atomic mass is 10.2. The number of carbonyl (C=O) groups excluding carboxylic acids is 1. The molecule has 0 amide bonds. The average molecular weight is 317 g/mol. The molecule has 2 rings (SSSR count). The molecule has 8 heteroatoms. The Balaban J connectivity index is 1.95. The molecular formula is C15H11NO7. The van der Waals surface area contributed by atoms with Gasteiger partial charge < -0.3 is 14.6 Å². The molecule has 0 radical (unpaired) electrons. The fourth-order valence-corrected chi connectivity index (χ4v) is 1.69. The van der Waals surface area contributed by atoms with Gasteiger partial charge in [0.2, 0.25) is 0 Å². The summed E-state index contributed by atoms with van der Waals surface area (Å²) in [6, 6.07) is 10.9. The Bertz CT molecular complexity index is 740. The van der Waals surface area contributed by atoms with E-state index in [-0.39, 0.29) is 22.7 Å². The molecule has 0 aliphatic heterocycles. The summed E-state index contributed by atoms with van der Waals surface area (Å²) >= 11 is 0. The van der Waals surface area contributed by atoms with Gasteiger partial charge in [-0.15, -0.1) is 0 Å². The van der Waals surface area contributed by atoms with Gasteiger partial charge in [-0.2, -0.15) is 0 Å². The average Bonchev–Trinajstić information content (AvgIpc) is 2.53. The zero-order valence-corrected chi connectivity index (χ0v) is 11.7. The van der Waals surface area contributed by atoms with E-state index in [2.05, 4.69) is 0 Å². The van der Waals surface area contributed by atoms with Crippen LogP contribution in [0.1, 0.15) is 10.4 Å². The van der Waals surface area contributed by atoms with Crippen LogP contribution >= 0.6 is 0 Å². The highest BCUT2D eigenvalue weighted by molar-refractivity contribution is 5.87. The Morgan fingerprint density at radius 2 is 1.74 bits per heavy atom. The molecule has 0 unspecified atom stereocenters. The first-order chi connectivity index (χ1) is 11.0. The maximum Gasteiger partial charge on any atom is 0.349 e. The van der Waals surface area contributed by atoms with E-state index in [0.717, 1.165) is 0 Å². The van der Waals surface area contributed by atoms with Crippen LogP contribution in [0.15, 0.2) is 48.5 Å². The molecule has 0 aliphatic carbocycles. The van der Waals surface area contributed by atoms with Gasteiger partial charge in [0.05, 0.1) is 10.5 Å². The lowest BCUT2D eigenvalue weighted by Gasteiger charge is -2.07. The van der Waals surface area contributed by atoms with E-state index in [1.165, 1.54) is 48.5 Å². The van der Waals surface area contributed by atoms with Gasteiger partial charge >= 0.3 is 17.6 Å². The third-order valence-electron chi connectivity index (χ3n) is 2.74. The molecule has 2 aromatic carbocycles. The van der Waals surface area contributed by atoms with Crippen LogP contribution in [0.25, 0.3) is 0 Å². The third-order valence-corrected chi connectivity index (χ3v) is 2.74. The fraction of sp³-hybridized carbons (Fsp3) is 0.0667. The first kappa shape index (κ1) is 16.0. The van der Waals surface area contributed by atoms with Crippen LogP contribution in [-0.4, -0.2) is 28.6 Å². The van der Waals surface area contributed by atoms with Crippen LogP contribution in [0.4, 0.5) is 5.69 Å². The minimum absolute atomic E-state index is 0.0457. The van der Waals surface area contributed by atoms with Crippen molar-refractivity contribution in [2.75, 3.05) is 6.61 Å². The van der Waals surface area contributed by atoms with Gasteiger partial charge in [0.1, 0.15) is 5.75 Å². The number of para-hydroxylation sites is 2. The summed E-state index contributed by atoms with van der Waals surface area (Å²) in [4.78, 5) is 32.5. The maximum absolute atomic E-state index is 11.7. The van der Waals surface area contributed by atoms with Gasteiger partial charge in [0.25, 0.3) is 0 Å². The van der Waals surface area contributed by atoms with Gasteiger partial charge in [-0.05, 0) is 30.3 Å². The molecule has 0 atom stereocenters. The van der Waals surface area contributed by atoms with Crippen molar-refractivity contribution >= 4 is 17.6 Å². The molecule has 0 fully saturated rings. The molecule has 0 aromatic heterocycles. The third kappa shape index (κ3) is 4.27. The van der Waals surface area contributed by atoms with Gasteiger partial charge in [0, 0.05) is 6.07 Å². The first-order valence-corrected chi connectivity index (χ1v) is 6.37. The molecule has 0 spiro atoms. The summed E-state index contributed by atoms with van der Waals surface area (Å²) in [6.07, 6.45) is 0. The SMILES string of the molecule is O=C(COc1ccccc1[N+](=O)[O-])Oc1ccc(C(=O)O)cc1. The van der Waals surface area contributed by atoms with Crippen LogP contribution in [-0.2, 0) is 4.79 Å². The fourth-order valence-electron chi connectivity index (χ4n) is 1.69. The van der Waals surface area contributed by atoms with Crippen LogP contribution in [0, 0.1) is 10.1 Å². The van der Waals surface area contributed by atoms with Crippen LogP contribution in [0.5, 0.6) is 11.5 Å². The van der Waals surface area contributed by atoms with Crippen molar-refractivity contribution in [3.63, 3.8) is 0 Å². The normalized spacial score (nSPS) is 9.91. The zero-order chi connectivity index (χ0) is 16.8. The zero-order valence-electron chi connectivity index (χ0n) is 11.7. The molecule has 0 aliphatic rings. The van der Waals surface area contributed by atoms with Crippen molar-refractivity contribution in [3.05, 3.63) is 64.2 Å². The molecule has 0 saturated heterocycles. The van der Waals surface area contributed by atoms with E-state index in [9.17, 15) is 19.7 Å². The number of ether oxygens (including phenoxy) is 2. The second-order valence-corrected chi connectivity index (χ2v) is 4.32. The van der Waals surface area contributed by atoms with Gasteiger partial charge in [-0.1, -0.05) is 12.1 Å². The lowest BCUT2D eigenvalue weighted by molar-refractivity contribution is -0.385. The largest absolute Gasteiger partial charge is 0.478 e. The lowest BCUT2D eigenvalue weighted by Crippen LogP contribution is -2.18. The van der Waals surface area contributed by atoms with E-state index in [1.807, 2.05) is 0 Å². The number of nitrogens with zero attached hydrogens (tertiary/aromatic N) is 1. The summed E-state index contributed by atoms with van der Waals surface area (Å²) in [5.74, 6) is -1.77. The van der Waals surface area contributed by atoms with E-state index < -0.39 is 23.5 Å². The summed E-state index contributed by atoms with van der Waals surface area (Å²) in [5, 5.41) is 19.6. The Morgan fingerprint density at radius 1 is 1.09 bits per heavy atom. The quantitative estimate of drug-likeness (QED) is 0.376. The Hall–Kier alpha value is -3.42. The van der Waals surface area contributed by atoms with Crippen LogP contribution < -0.4 is 9.47 Å². The number of nitro groups is 1. The monoisotopic (exact) mass is 317 g/mol. The first-order valence-electron chi connectivity index (χ1n) is 6.37. The van der Waals surface area contributed by atoms with E-state index in [1.54, 1.807) is 0 Å². The Labute approximate surface area is 130 Å². The van der Waals surface area contributed by atoms with Crippen molar-refractivity contribution in [1.29, 1.82) is 0 Å². The van der Waals surface area contributed by atoms with Gasteiger partial charge in [-0.3, -0.25) is 10.1 Å². The summed E-state index contributed by atoms with van der Waals surface area (Å²) in [7, 11) is 0. The number of hydrogen-bond acceptors (Lipinski definition) is 6. The van der Waals surface area contributed by atoms with Gasteiger partial charge in [-0.25, -0.2) is 9.59 Å². The minimum Gasteiger partial charge on any atom is -0.478 e. The summed E-state index contributed by atoms with van der Waals surface area (Å²) < 4.78 is 10.0. The van der Waals surface area contributed by atoms with Gasteiger partial charge in [0.15, 0.2) is 12.4 Å². The van der Waals surface area contributed by atoms with Crippen LogP contribution in [0.2, 0.25) is 0 Å². The number of hydrogen-bond donors (Lipinski definition) is 1. The minimum atomic E-state index is -1.09. The van der Waals surface area contributed by atoms with Crippen LogP contribution in [0.3, 0.4) is 0 Å². The number of carboxylic acids is 1. The number of aromatic carboxylic acids is 1. The number of carbonyl (C=O) groups is 2. The van der Waals surface area contributed by atoms with E-state index in [4.69, 9.17) is 14.6 Å². The molecule has 0 saturated carbocycles. The van der Waals surface area contributed by atoms with Crippen molar-refractivity contribution in [2.24, 2.45) is 0 Å².